The van der Waals surface area contributed by atoms with Gasteiger partial charge in [0.2, 0.25) is 5.91 Å². The van der Waals surface area contributed by atoms with Gasteiger partial charge in [0, 0.05) is 31.8 Å². The van der Waals surface area contributed by atoms with E-state index in [0.717, 1.165) is 56.7 Å². The number of carbonyl (C=O) groups excluding carboxylic acids is 1. The van der Waals surface area contributed by atoms with Crippen LogP contribution in [0.15, 0.2) is 30.5 Å². The lowest BCUT2D eigenvalue weighted by molar-refractivity contribution is -0.120. The second-order valence-electron chi connectivity index (χ2n) is 6.46. The van der Waals surface area contributed by atoms with Gasteiger partial charge in [-0.25, -0.2) is 4.98 Å². The van der Waals surface area contributed by atoms with Crippen LogP contribution in [-0.2, 0) is 4.79 Å². The van der Waals surface area contributed by atoms with Crippen molar-refractivity contribution in [2.45, 2.75) is 32.1 Å². The third-order valence-corrected chi connectivity index (χ3v) is 4.86. The van der Waals surface area contributed by atoms with Crippen LogP contribution in [0.4, 0.5) is 11.5 Å². The third kappa shape index (κ3) is 3.91. The Hall–Kier alpha value is -1.88. The predicted molar refractivity (Wildman–Crippen MR) is 91.4 cm³/mol. The van der Waals surface area contributed by atoms with Crippen molar-refractivity contribution >= 4 is 17.4 Å². The molecule has 1 saturated heterocycles. The first kappa shape index (κ1) is 16.0. The van der Waals surface area contributed by atoms with Crippen molar-refractivity contribution in [1.82, 2.24) is 4.98 Å². The number of anilines is 2. The van der Waals surface area contributed by atoms with Crippen LogP contribution in [0.5, 0.6) is 0 Å². The molecule has 2 heterocycles. The fourth-order valence-electron chi connectivity index (χ4n) is 3.34. The lowest BCUT2D eigenvalue weighted by Gasteiger charge is -2.33. The molecule has 5 nitrogen and oxygen atoms in total. The van der Waals surface area contributed by atoms with Crippen molar-refractivity contribution in [3.05, 3.63) is 30.5 Å². The van der Waals surface area contributed by atoms with E-state index in [1.54, 1.807) is 6.20 Å². The number of pyridine rings is 1. The van der Waals surface area contributed by atoms with Gasteiger partial charge in [-0.05, 0) is 50.2 Å². The molecule has 3 rings (SSSR count). The summed E-state index contributed by atoms with van der Waals surface area (Å²) in [6, 6.07) is 3.79. The van der Waals surface area contributed by atoms with Gasteiger partial charge in [0.25, 0.3) is 0 Å². The average Bonchev–Trinajstić information content (AvgIpc) is 2.63. The average molecular weight is 315 g/mol. The molecular weight excluding hydrogens is 290 g/mol. The van der Waals surface area contributed by atoms with E-state index in [-0.39, 0.29) is 18.4 Å². The highest BCUT2D eigenvalue weighted by Crippen LogP contribution is 2.29. The lowest BCUT2D eigenvalue weighted by atomic mass is 9.93. The second kappa shape index (κ2) is 7.59. The first-order valence-electron chi connectivity index (χ1n) is 8.54. The number of hydrogen-bond donors (Lipinski definition) is 2. The SMILES string of the molecule is O=C(Nc1cccnc1N1CCC(CO)CC1)C1CC=CCC1. The van der Waals surface area contributed by atoms with Crippen LogP contribution in [-0.4, -0.2) is 35.7 Å². The zero-order valence-electron chi connectivity index (χ0n) is 13.4. The minimum absolute atomic E-state index is 0.0631. The molecule has 0 saturated carbocycles. The number of piperidine rings is 1. The van der Waals surface area contributed by atoms with Crippen molar-refractivity contribution in [1.29, 1.82) is 0 Å². The summed E-state index contributed by atoms with van der Waals surface area (Å²) in [6.45, 7) is 2.00. The molecule has 2 aliphatic rings. The quantitative estimate of drug-likeness (QED) is 0.838. The van der Waals surface area contributed by atoms with Crippen LogP contribution in [0.2, 0.25) is 0 Å². The molecule has 1 fully saturated rings. The molecule has 1 amide bonds. The number of aromatic nitrogens is 1. The maximum Gasteiger partial charge on any atom is 0.227 e. The van der Waals surface area contributed by atoms with Crippen LogP contribution in [0, 0.1) is 11.8 Å². The molecular formula is C18H25N3O2. The van der Waals surface area contributed by atoms with Crippen LogP contribution in [0.25, 0.3) is 0 Å². The van der Waals surface area contributed by atoms with Gasteiger partial charge in [-0.3, -0.25) is 4.79 Å². The number of aliphatic hydroxyl groups is 1. The van der Waals surface area contributed by atoms with Gasteiger partial charge in [-0.2, -0.15) is 0 Å². The molecule has 0 radical (unpaired) electrons. The molecule has 0 bridgehead atoms. The van der Waals surface area contributed by atoms with Crippen molar-refractivity contribution in [3.63, 3.8) is 0 Å². The number of allylic oxidation sites excluding steroid dienone is 2. The summed E-state index contributed by atoms with van der Waals surface area (Å²) in [5.41, 5.74) is 0.800. The Morgan fingerprint density at radius 1 is 1.30 bits per heavy atom. The Morgan fingerprint density at radius 2 is 2.13 bits per heavy atom. The molecule has 1 aromatic heterocycles. The Kier molecular flexibility index (Phi) is 5.28. The summed E-state index contributed by atoms with van der Waals surface area (Å²) in [5, 5.41) is 12.3. The number of carbonyl (C=O) groups is 1. The van der Waals surface area contributed by atoms with E-state index in [1.165, 1.54) is 0 Å². The van der Waals surface area contributed by atoms with Crippen LogP contribution in [0.3, 0.4) is 0 Å². The van der Waals surface area contributed by atoms with Crippen molar-refractivity contribution in [2.75, 3.05) is 29.9 Å². The smallest absolute Gasteiger partial charge is 0.227 e. The van der Waals surface area contributed by atoms with Crippen LogP contribution in [0.1, 0.15) is 32.1 Å². The number of hydrogen-bond acceptors (Lipinski definition) is 4. The van der Waals surface area contributed by atoms with E-state index in [4.69, 9.17) is 0 Å². The van der Waals surface area contributed by atoms with E-state index in [9.17, 15) is 9.90 Å². The first-order chi connectivity index (χ1) is 11.3. The predicted octanol–water partition coefficient (Wildman–Crippen LogP) is 2.59. The van der Waals surface area contributed by atoms with Gasteiger partial charge in [-0.1, -0.05) is 12.2 Å². The van der Waals surface area contributed by atoms with Crippen molar-refractivity contribution < 1.29 is 9.90 Å². The van der Waals surface area contributed by atoms with Crippen LogP contribution >= 0.6 is 0 Å². The minimum Gasteiger partial charge on any atom is -0.396 e. The number of amides is 1. The molecule has 1 unspecified atom stereocenters. The number of nitrogens with one attached hydrogen (secondary N) is 1. The Balaban J connectivity index is 1.68. The zero-order chi connectivity index (χ0) is 16.1. The van der Waals surface area contributed by atoms with Gasteiger partial charge in [0.15, 0.2) is 5.82 Å². The minimum atomic E-state index is 0.0631. The van der Waals surface area contributed by atoms with Crippen LogP contribution < -0.4 is 10.2 Å². The molecule has 1 aliphatic heterocycles. The number of nitrogens with zero attached hydrogens (tertiary/aromatic N) is 2. The fourth-order valence-corrected chi connectivity index (χ4v) is 3.34. The molecule has 5 heteroatoms. The standard InChI is InChI=1S/C18H25N3O2/c22-13-14-8-11-21(12-9-14)17-16(7-4-10-19-17)20-18(23)15-5-2-1-3-6-15/h1-2,4,7,10,14-15,22H,3,5-6,8-9,11-13H2,(H,20,23). The molecule has 0 spiro atoms. The van der Waals surface area contributed by atoms with E-state index < -0.39 is 0 Å². The van der Waals surface area contributed by atoms with E-state index >= 15 is 0 Å². The first-order valence-corrected chi connectivity index (χ1v) is 8.54. The maximum absolute atomic E-state index is 12.5. The van der Waals surface area contributed by atoms with Gasteiger partial charge < -0.3 is 15.3 Å². The summed E-state index contributed by atoms with van der Waals surface area (Å²) in [7, 11) is 0. The topological polar surface area (TPSA) is 65.5 Å². The van der Waals surface area contributed by atoms with E-state index in [0.29, 0.717) is 5.92 Å². The largest absolute Gasteiger partial charge is 0.396 e. The molecule has 1 aliphatic carbocycles. The third-order valence-electron chi connectivity index (χ3n) is 4.86. The van der Waals surface area contributed by atoms with E-state index in [1.807, 2.05) is 12.1 Å². The molecule has 1 aromatic rings. The zero-order valence-corrected chi connectivity index (χ0v) is 13.4. The van der Waals surface area contributed by atoms with Gasteiger partial charge in [0.1, 0.15) is 0 Å². The summed E-state index contributed by atoms with van der Waals surface area (Å²) in [4.78, 5) is 19.2. The highest BCUT2D eigenvalue weighted by Gasteiger charge is 2.24. The van der Waals surface area contributed by atoms with Crippen molar-refractivity contribution in [2.24, 2.45) is 11.8 Å². The second-order valence-corrected chi connectivity index (χ2v) is 6.46. The van der Waals surface area contributed by atoms with Gasteiger partial charge in [-0.15, -0.1) is 0 Å². The lowest BCUT2D eigenvalue weighted by Crippen LogP contribution is -2.36. The van der Waals surface area contributed by atoms with Crippen molar-refractivity contribution in [3.8, 4) is 0 Å². The highest BCUT2D eigenvalue weighted by atomic mass is 16.3. The molecule has 23 heavy (non-hydrogen) atoms. The Morgan fingerprint density at radius 3 is 2.83 bits per heavy atom. The highest BCUT2D eigenvalue weighted by molar-refractivity contribution is 5.95. The Bertz CT molecular complexity index is 565. The monoisotopic (exact) mass is 315 g/mol. The molecule has 1 atom stereocenters. The number of aliphatic hydroxyl groups excluding tert-OH is 1. The fraction of sp³-hybridized carbons (Fsp3) is 0.556. The molecule has 124 valence electrons. The van der Waals surface area contributed by atoms with Gasteiger partial charge in [0.05, 0.1) is 5.69 Å². The maximum atomic E-state index is 12.5. The molecule has 2 N–H and O–H groups in total. The molecule has 0 aromatic carbocycles. The van der Waals surface area contributed by atoms with E-state index in [2.05, 4.69) is 27.4 Å². The summed E-state index contributed by atoms with van der Waals surface area (Å²) in [5.74, 6) is 1.40. The number of rotatable bonds is 4. The normalized spacial score (nSPS) is 22.1. The summed E-state index contributed by atoms with van der Waals surface area (Å²) >= 11 is 0. The summed E-state index contributed by atoms with van der Waals surface area (Å²) in [6.07, 6.45) is 10.7. The summed E-state index contributed by atoms with van der Waals surface area (Å²) < 4.78 is 0. The van der Waals surface area contributed by atoms with Gasteiger partial charge >= 0.3 is 0 Å². The Labute approximate surface area is 137 Å².